The number of amides is 1. The molecule has 0 saturated carbocycles. The van der Waals surface area contributed by atoms with Crippen LogP contribution in [0.3, 0.4) is 0 Å². The lowest BCUT2D eigenvalue weighted by atomic mass is 10.1. The van der Waals surface area contributed by atoms with E-state index in [2.05, 4.69) is 5.32 Å². The van der Waals surface area contributed by atoms with Crippen molar-refractivity contribution in [2.45, 2.75) is 13.3 Å². The summed E-state index contributed by atoms with van der Waals surface area (Å²) >= 11 is 0. The second kappa shape index (κ2) is 9.68. The van der Waals surface area contributed by atoms with Crippen molar-refractivity contribution in [1.29, 1.82) is 0 Å². The van der Waals surface area contributed by atoms with Gasteiger partial charge in [0.2, 0.25) is 5.91 Å². The number of carbonyl (C=O) groups is 1. The monoisotopic (exact) mass is 359 g/mol. The van der Waals surface area contributed by atoms with Crippen LogP contribution in [-0.2, 0) is 16.0 Å². The Hall–Kier alpha value is -2.73. The molecule has 0 aromatic heterocycles. The van der Waals surface area contributed by atoms with Crippen LogP contribution in [-0.4, -0.2) is 40.5 Å². The number of benzene rings is 2. The van der Waals surface area contributed by atoms with Crippen molar-refractivity contribution in [2.24, 2.45) is 0 Å². The van der Waals surface area contributed by atoms with Crippen LogP contribution in [0.4, 0.5) is 5.69 Å². The number of methoxy groups -OCH3 is 3. The molecule has 140 valence electrons. The maximum atomic E-state index is 12.3. The van der Waals surface area contributed by atoms with Crippen LogP contribution < -0.4 is 19.5 Å². The Kier molecular flexibility index (Phi) is 7.29. The molecule has 2 aromatic carbocycles. The van der Waals surface area contributed by atoms with Crippen molar-refractivity contribution in [1.82, 2.24) is 0 Å². The van der Waals surface area contributed by atoms with Gasteiger partial charge in [-0.25, -0.2) is 0 Å². The zero-order valence-electron chi connectivity index (χ0n) is 15.6. The highest BCUT2D eigenvalue weighted by molar-refractivity contribution is 5.92. The maximum Gasteiger partial charge on any atom is 0.228 e. The van der Waals surface area contributed by atoms with Gasteiger partial charge in [0.1, 0.15) is 12.4 Å². The molecule has 1 amide bonds. The molecule has 0 radical (unpaired) electrons. The highest BCUT2D eigenvalue weighted by Crippen LogP contribution is 2.30. The fourth-order valence-corrected chi connectivity index (χ4v) is 2.47. The van der Waals surface area contributed by atoms with E-state index < -0.39 is 0 Å². The van der Waals surface area contributed by atoms with Gasteiger partial charge in [0, 0.05) is 18.9 Å². The van der Waals surface area contributed by atoms with E-state index in [-0.39, 0.29) is 12.3 Å². The topological polar surface area (TPSA) is 66.0 Å². The zero-order valence-corrected chi connectivity index (χ0v) is 15.6. The molecule has 0 saturated heterocycles. The normalized spacial score (nSPS) is 10.3. The summed E-state index contributed by atoms with van der Waals surface area (Å²) in [5, 5.41) is 2.88. The lowest BCUT2D eigenvalue weighted by molar-refractivity contribution is -0.115. The van der Waals surface area contributed by atoms with Crippen LogP contribution in [0.1, 0.15) is 11.1 Å². The van der Waals surface area contributed by atoms with Gasteiger partial charge >= 0.3 is 0 Å². The fraction of sp³-hybridized carbons (Fsp3) is 0.350. The molecule has 0 aliphatic rings. The molecular weight excluding hydrogens is 334 g/mol. The molecule has 0 unspecified atom stereocenters. The van der Waals surface area contributed by atoms with Gasteiger partial charge in [0.15, 0.2) is 11.5 Å². The minimum atomic E-state index is -0.121. The number of hydrogen-bond acceptors (Lipinski definition) is 5. The summed E-state index contributed by atoms with van der Waals surface area (Å²) in [6.07, 6.45) is 0.253. The van der Waals surface area contributed by atoms with Crippen LogP contribution in [0, 0.1) is 6.92 Å². The Morgan fingerprint density at radius 2 is 1.69 bits per heavy atom. The minimum absolute atomic E-state index is 0.121. The molecule has 6 heteroatoms. The maximum absolute atomic E-state index is 12.3. The Morgan fingerprint density at radius 1 is 0.923 bits per heavy atom. The van der Waals surface area contributed by atoms with Crippen LogP contribution >= 0.6 is 0 Å². The van der Waals surface area contributed by atoms with Crippen molar-refractivity contribution in [2.75, 3.05) is 39.9 Å². The molecule has 2 aromatic rings. The van der Waals surface area contributed by atoms with E-state index in [1.807, 2.05) is 25.1 Å². The predicted molar refractivity (Wildman–Crippen MR) is 100 cm³/mol. The number of aryl methyl sites for hydroxylation is 1. The lowest BCUT2D eigenvalue weighted by Crippen LogP contribution is -2.14. The second-order valence-corrected chi connectivity index (χ2v) is 5.74. The molecule has 1 N–H and O–H groups in total. The molecule has 0 bridgehead atoms. The molecule has 0 aliphatic carbocycles. The zero-order chi connectivity index (χ0) is 18.9. The molecule has 0 heterocycles. The summed E-state index contributed by atoms with van der Waals surface area (Å²) in [4.78, 5) is 12.3. The van der Waals surface area contributed by atoms with Crippen molar-refractivity contribution < 1.29 is 23.7 Å². The molecule has 26 heavy (non-hydrogen) atoms. The average Bonchev–Trinajstić information content (AvgIpc) is 2.63. The highest BCUT2D eigenvalue weighted by atomic mass is 16.5. The summed E-state index contributed by atoms with van der Waals surface area (Å²) in [6.45, 7) is 2.83. The van der Waals surface area contributed by atoms with E-state index in [1.54, 1.807) is 39.5 Å². The number of ether oxygens (including phenoxy) is 4. The second-order valence-electron chi connectivity index (χ2n) is 5.74. The third-order valence-corrected chi connectivity index (χ3v) is 3.83. The number of anilines is 1. The Bertz CT molecular complexity index is 745. The molecule has 0 fully saturated rings. The Labute approximate surface area is 154 Å². The van der Waals surface area contributed by atoms with Crippen LogP contribution in [0.25, 0.3) is 0 Å². The van der Waals surface area contributed by atoms with Crippen molar-refractivity contribution in [3.05, 3.63) is 47.5 Å². The predicted octanol–water partition coefficient (Wildman–Crippen LogP) is 3.22. The standard InChI is InChI=1S/C20H25NO5/c1-14-5-6-15(11-18(14)25-4)12-20(22)21-16-7-8-17(24-3)19(13-16)26-10-9-23-2/h5-8,11,13H,9-10,12H2,1-4H3,(H,21,22). The summed E-state index contributed by atoms with van der Waals surface area (Å²) in [5.74, 6) is 1.80. The first-order valence-electron chi connectivity index (χ1n) is 8.30. The molecule has 0 atom stereocenters. The van der Waals surface area contributed by atoms with Gasteiger partial charge in [-0.05, 0) is 36.2 Å². The van der Waals surface area contributed by atoms with E-state index >= 15 is 0 Å². The van der Waals surface area contributed by atoms with Crippen molar-refractivity contribution in [3.8, 4) is 17.2 Å². The minimum Gasteiger partial charge on any atom is -0.496 e. The third-order valence-electron chi connectivity index (χ3n) is 3.83. The van der Waals surface area contributed by atoms with E-state index in [1.165, 1.54) is 0 Å². The highest BCUT2D eigenvalue weighted by Gasteiger charge is 2.10. The average molecular weight is 359 g/mol. The SMILES string of the molecule is COCCOc1cc(NC(=O)Cc2ccc(C)c(OC)c2)ccc1OC. The van der Waals surface area contributed by atoms with Crippen molar-refractivity contribution in [3.63, 3.8) is 0 Å². The largest absolute Gasteiger partial charge is 0.496 e. The van der Waals surface area contributed by atoms with E-state index in [4.69, 9.17) is 18.9 Å². The lowest BCUT2D eigenvalue weighted by Gasteiger charge is -2.13. The fourth-order valence-electron chi connectivity index (χ4n) is 2.47. The first kappa shape index (κ1) is 19.6. The van der Waals surface area contributed by atoms with Crippen LogP contribution in [0.15, 0.2) is 36.4 Å². The summed E-state index contributed by atoms with van der Waals surface area (Å²) in [6, 6.07) is 11.0. The molecule has 2 rings (SSSR count). The summed E-state index contributed by atoms with van der Waals surface area (Å²) in [7, 11) is 4.80. The van der Waals surface area contributed by atoms with E-state index in [0.29, 0.717) is 30.4 Å². The molecule has 0 spiro atoms. The van der Waals surface area contributed by atoms with Crippen molar-refractivity contribution >= 4 is 11.6 Å². The number of hydrogen-bond donors (Lipinski definition) is 1. The molecule has 0 aliphatic heterocycles. The van der Waals surface area contributed by atoms with E-state index in [0.717, 1.165) is 16.9 Å². The third kappa shape index (κ3) is 5.39. The van der Waals surface area contributed by atoms with Gasteiger partial charge in [0.05, 0.1) is 27.2 Å². The van der Waals surface area contributed by atoms with E-state index in [9.17, 15) is 4.79 Å². The first-order valence-corrected chi connectivity index (χ1v) is 8.30. The first-order chi connectivity index (χ1) is 12.6. The number of rotatable bonds is 9. The van der Waals surface area contributed by atoms with Crippen LogP contribution in [0.5, 0.6) is 17.2 Å². The summed E-state index contributed by atoms with van der Waals surface area (Å²) in [5.41, 5.74) is 2.56. The van der Waals surface area contributed by atoms with Gasteiger partial charge in [-0.1, -0.05) is 12.1 Å². The molecule has 6 nitrogen and oxygen atoms in total. The van der Waals surface area contributed by atoms with Gasteiger partial charge in [0.25, 0.3) is 0 Å². The van der Waals surface area contributed by atoms with Gasteiger partial charge in [-0.2, -0.15) is 0 Å². The van der Waals surface area contributed by atoms with Crippen LogP contribution in [0.2, 0.25) is 0 Å². The number of nitrogens with one attached hydrogen (secondary N) is 1. The van der Waals surface area contributed by atoms with Gasteiger partial charge in [-0.3, -0.25) is 4.79 Å². The van der Waals surface area contributed by atoms with Gasteiger partial charge < -0.3 is 24.3 Å². The Balaban J connectivity index is 2.05. The number of carbonyl (C=O) groups excluding carboxylic acids is 1. The molecular formula is C20H25NO5. The Morgan fingerprint density at radius 3 is 2.38 bits per heavy atom. The van der Waals surface area contributed by atoms with Gasteiger partial charge in [-0.15, -0.1) is 0 Å². The quantitative estimate of drug-likeness (QED) is 0.697. The smallest absolute Gasteiger partial charge is 0.228 e. The summed E-state index contributed by atoms with van der Waals surface area (Å²) < 4.78 is 21.2.